The van der Waals surface area contributed by atoms with Crippen molar-refractivity contribution in [2.45, 2.75) is 19.4 Å². The second kappa shape index (κ2) is 7.02. The maximum absolute atomic E-state index is 9.15. The van der Waals surface area contributed by atoms with Gasteiger partial charge in [0.05, 0.1) is 11.7 Å². The fraction of sp³-hybridized carbons (Fsp3) is 0.562. The Labute approximate surface area is 125 Å². The van der Waals surface area contributed by atoms with E-state index in [9.17, 15) is 0 Å². The lowest BCUT2D eigenvalue weighted by molar-refractivity contribution is 0.132. The number of aliphatic hydroxyl groups is 1. The van der Waals surface area contributed by atoms with Crippen LogP contribution in [0, 0.1) is 5.92 Å². The maximum Gasteiger partial charge on any atom is 0.0695 e. The molecule has 1 aliphatic heterocycles. The van der Waals surface area contributed by atoms with Crippen molar-refractivity contribution in [2.24, 2.45) is 5.92 Å². The zero-order valence-corrected chi connectivity index (χ0v) is 12.4. The first-order valence-corrected chi connectivity index (χ1v) is 7.81. The predicted molar refractivity (Wildman–Crippen MR) is 84.1 cm³/mol. The van der Waals surface area contributed by atoms with Gasteiger partial charge in [-0.05, 0) is 37.4 Å². The molecule has 1 saturated heterocycles. The Morgan fingerprint density at radius 3 is 3.00 bits per heavy atom. The molecule has 0 aliphatic carbocycles. The average Bonchev–Trinajstić information content (AvgIpc) is 3.01. The van der Waals surface area contributed by atoms with E-state index in [1.807, 2.05) is 6.20 Å². The molecule has 5 heteroatoms. The van der Waals surface area contributed by atoms with Crippen molar-refractivity contribution in [3.05, 3.63) is 30.0 Å². The van der Waals surface area contributed by atoms with Crippen LogP contribution < -0.4 is 5.32 Å². The van der Waals surface area contributed by atoms with E-state index < -0.39 is 0 Å². The molecular formula is C16H24N4O. The quantitative estimate of drug-likeness (QED) is 0.702. The monoisotopic (exact) mass is 288 g/mol. The molecule has 0 spiro atoms. The third kappa shape index (κ3) is 3.61. The number of benzene rings is 1. The Bertz CT molecular complexity index is 560. The second-order valence-corrected chi connectivity index (χ2v) is 5.90. The van der Waals surface area contributed by atoms with E-state index in [1.165, 1.54) is 10.9 Å². The van der Waals surface area contributed by atoms with Gasteiger partial charge in [0.15, 0.2) is 0 Å². The summed E-state index contributed by atoms with van der Waals surface area (Å²) in [6, 6.07) is 6.29. The number of hydrogen-bond donors (Lipinski definition) is 3. The predicted octanol–water partition coefficient (Wildman–Crippen LogP) is 1.36. The topological polar surface area (TPSA) is 64.2 Å². The number of aromatic nitrogens is 2. The second-order valence-electron chi connectivity index (χ2n) is 5.90. The summed E-state index contributed by atoms with van der Waals surface area (Å²) in [6.07, 6.45) is 4.12. The average molecular weight is 288 g/mol. The van der Waals surface area contributed by atoms with Gasteiger partial charge in [-0.15, -0.1) is 0 Å². The Morgan fingerprint density at radius 1 is 1.33 bits per heavy atom. The molecule has 2 heterocycles. The number of aliphatic hydroxyl groups excluding tert-OH is 1. The first kappa shape index (κ1) is 14.5. The van der Waals surface area contributed by atoms with E-state index in [0.29, 0.717) is 12.5 Å². The molecule has 2 aromatic rings. The van der Waals surface area contributed by atoms with E-state index in [0.717, 1.165) is 51.1 Å². The first-order valence-electron chi connectivity index (χ1n) is 7.81. The summed E-state index contributed by atoms with van der Waals surface area (Å²) in [6.45, 7) is 5.52. The van der Waals surface area contributed by atoms with Gasteiger partial charge in [-0.2, -0.15) is 5.10 Å². The summed E-state index contributed by atoms with van der Waals surface area (Å²) in [4.78, 5) is 2.48. The molecule has 1 aromatic carbocycles. The smallest absolute Gasteiger partial charge is 0.0695 e. The Morgan fingerprint density at radius 2 is 2.19 bits per heavy atom. The molecule has 21 heavy (non-hydrogen) atoms. The normalized spacial score (nSPS) is 17.6. The minimum absolute atomic E-state index is 0.347. The van der Waals surface area contributed by atoms with Crippen LogP contribution in [0.25, 0.3) is 10.9 Å². The summed E-state index contributed by atoms with van der Waals surface area (Å²) >= 11 is 0. The lowest BCUT2D eigenvalue weighted by atomic mass is 9.98. The summed E-state index contributed by atoms with van der Waals surface area (Å²) in [5.74, 6) is 0.521. The third-order valence-electron chi connectivity index (χ3n) is 4.45. The van der Waals surface area contributed by atoms with E-state index in [4.69, 9.17) is 5.11 Å². The van der Waals surface area contributed by atoms with Crippen molar-refractivity contribution in [1.82, 2.24) is 20.4 Å². The standard InChI is InChI=1S/C16H24N4O/c21-12-13-4-7-20(8-5-13)9-6-17-10-14-2-1-3-15-11-18-19-16(14)15/h1-3,11,13,17,21H,4-10,12H2,(H,18,19). The van der Waals surface area contributed by atoms with Crippen LogP contribution in [0.1, 0.15) is 18.4 Å². The van der Waals surface area contributed by atoms with Crippen molar-refractivity contribution >= 4 is 10.9 Å². The van der Waals surface area contributed by atoms with Crippen molar-refractivity contribution in [2.75, 3.05) is 32.8 Å². The van der Waals surface area contributed by atoms with Crippen LogP contribution in [-0.2, 0) is 6.54 Å². The van der Waals surface area contributed by atoms with Gasteiger partial charge in [0, 0.05) is 31.6 Å². The minimum atomic E-state index is 0.347. The highest BCUT2D eigenvalue weighted by Gasteiger charge is 2.17. The highest BCUT2D eigenvalue weighted by atomic mass is 16.3. The Kier molecular flexibility index (Phi) is 4.85. The molecule has 0 amide bonds. The first-order chi connectivity index (χ1) is 10.4. The van der Waals surface area contributed by atoms with Gasteiger partial charge in [-0.25, -0.2) is 0 Å². The van der Waals surface area contributed by atoms with E-state index in [1.54, 1.807) is 0 Å². The molecule has 1 aromatic heterocycles. The van der Waals surface area contributed by atoms with Crippen LogP contribution in [0.15, 0.2) is 24.4 Å². The number of H-pyrrole nitrogens is 1. The van der Waals surface area contributed by atoms with Crippen LogP contribution in [0.4, 0.5) is 0 Å². The van der Waals surface area contributed by atoms with Gasteiger partial charge in [0.2, 0.25) is 0 Å². The molecule has 3 rings (SSSR count). The fourth-order valence-corrected chi connectivity index (χ4v) is 3.03. The van der Waals surface area contributed by atoms with Crippen LogP contribution >= 0.6 is 0 Å². The van der Waals surface area contributed by atoms with Crippen LogP contribution in [-0.4, -0.2) is 53.0 Å². The molecule has 1 aliphatic rings. The summed E-state index contributed by atoms with van der Waals surface area (Å²) in [5, 5.41) is 21.0. The number of fused-ring (bicyclic) bond motifs is 1. The maximum atomic E-state index is 9.15. The lowest BCUT2D eigenvalue weighted by Gasteiger charge is -2.31. The number of nitrogens with one attached hydrogen (secondary N) is 2. The molecule has 0 bridgehead atoms. The number of piperidine rings is 1. The van der Waals surface area contributed by atoms with E-state index >= 15 is 0 Å². The van der Waals surface area contributed by atoms with Crippen LogP contribution in [0.5, 0.6) is 0 Å². The van der Waals surface area contributed by atoms with Crippen LogP contribution in [0.2, 0.25) is 0 Å². The summed E-state index contributed by atoms with van der Waals surface area (Å²) in [5.41, 5.74) is 2.40. The van der Waals surface area contributed by atoms with Gasteiger partial charge in [-0.3, -0.25) is 5.10 Å². The number of nitrogens with zero attached hydrogens (tertiary/aromatic N) is 2. The molecule has 0 unspecified atom stereocenters. The number of para-hydroxylation sites is 1. The largest absolute Gasteiger partial charge is 0.396 e. The minimum Gasteiger partial charge on any atom is -0.396 e. The van der Waals surface area contributed by atoms with Crippen LogP contribution in [0.3, 0.4) is 0 Å². The van der Waals surface area contributed by atoms with Gasteiger partial charge in [0.1, 0.15) is 0 Å². The number of hydrogen-bond acceptors (Lipinski definition) is 4. The molecular weight excluding hydrogens is 264 g/mol. The Balaban J connectivity index is 1.42. The zero-order chi connectivity index (χ0) is 14.5. The number of likely N-dealkylation sites (tertiary alicyclic amines) is 1. The molecule has 0 atom stereocenters. The van der Waals surface area contributed by atoms with E-state index in [2.05, 4.69) is 38.6 Å². The molecule has 3 N–H and O–H groups in total. The summed E-state index contributed by atoms with van der Waals surface area (Å²) in [7, 11) is 0. The van der Waals surface area contributed by atoms with Crippen molar-refractivity contribution < 1.29 is 5.11 Å². The zero-order valence-electron chi connectivity index (χ0n) is 12.4. The SMILES string of the molecule is OCC1CCN(CCNCc2cccc3cn[nH]c23)CC1. The van der Waals surface area contributed by atoms with Gasteiger partial charge in [-0.1, -0.05) is 18.2 Å². The third-order valence-corrected chi connectivity index (χ3v) is 4.45. The highest BCUT2D eigenvalue weighted by Crippen LogP contribution is 2.16. The molecule has 5 nitrogen and oxygen atoms in total. The van der Waals surface area contributed by atoms with Gasteiger partial charge < -0.3 is 15.3 Å². The van der Waals surface area contributed by atoms with Crippen molar-refractivity contribution in [3.8, 4) is 0 Å². The Hall–Kier alpha value is -1.43. The summed E-state index contributed by atoms with van der Waals surface area (Å²) < 4.78 is 0. The van der Waals surface area contributed by atoms with Crippen molar-refractivity contribution in [3.63, 3.8) is 0 Å². The molecule has 1 fully saturated rings. The van der Waals surface area contributed by atoms with Gasteiger partial charge >= 0.3 is 0 Å². The molecule has 114 valence electrons. The molecule has 0 radical (unpaired) electrons. The number of aromatic amines is 1. The highest BCUT2D eigenvalue weighted by molar-refractivity contribution is 5.81. The fourth-order valence-electron chi connectivity index (χ4n) is 3.03. The number of rotatable bonds is 6. The van der Waals surface area contributed by atoms with Crippen molar-refractivity contribution in [1.29, 1.82) is 0 Å². The molecule has 0 saturated carbocycles. The van der Waals surface area contributed by atoms with E-state index in [-0.39, 0.29) is 0 Å². The lowest BCUT2D eigenvalue weighted by Crippen LogP contribution is -2.38. The van der Waals surface area contributed by atoms with Gasteiger partial charge in [0.25, 0.3) is 0 Å².